The van der Waals surface area contributed by atoms with Gasteiger partial charge in [0.25, 0.3) is 0 Å². The summed E-state index contributed by atoms with van der Waals surface area (Å²) in [5.41, 5.74) is 6.71. The molecular formula is C11H18N4S. The second-order valence-corrected chi connectivity index (χ2v) is 4.79. The van der Waals surface area contributed by atoms with E-state index < -0.39 is 0 Å². The van der Waals surface area contributed by atoms with Crippen LogP contribution in [0.5, 0.6) is 0 Å². The number of thiazole rings is 1. The Kier molecular flexibility index (Phi) is 4.98. The molecule has 4 nitrogen and oxygen atoms in total. The number of guanidine groups is 1. The summed E-state index contributed by atoms with van der Waals surface area (Å²) in [6.45, 7) is 9.03. The lowest BCUT2D eigenvalue weighted by molar-refractivity contribution is 0.935. The molecule has 88 valence electrons. The van der Waals surface area contributed by atoms with Crippen molar-refractivity contribution in [1.82, 2.24) is 10.3 Å². The highest BCUT2D eigenvalue weighted by atomic mass is 32.1. The van der Waals surface area contributed by atoms with Crippen molar-refractivity contribution in [2.75, 3.05) is 6.54 Å². The van der Waals surface area contributed by atoms with E-state index in [0.717, 1.165) is 17.0 Å². The van der Waals surface area contributed by atoms with Crippen LogP contribution in [0.25, 0.3) is 0 Å². The summed E-state index contributed by atoms with van der Waals surface area (Å²) in [6.07, 6.45) is 2.91. The van der Waals surface area contributed by atoms with Crippen molar-refractivity contribution in [2.24, 2.45) is 10.7 Å². The van der Waals surface area contributed by atoms with E-state index in [-0.39, 0.29) is 0 Å². The lowest BCUT2D eigenvalue weighted by Crippen LogP contribution is -2.32. The maximum absolute atomic E-state index is 5.68. The molecule has 0 aliphatic carbocycles. The van der Waals surface area contributed by atoms with Gasteiger partial charge in [-0.1, -0.05) is 19.1 Å². The first-order valence-corrected chi connectivity index (χ1v) is 6.05. The molecule has 0 radical (unpaired) electrons. The molecule has 0 spiro atoms. The minimum atomic E-state index is 0.441. The van der Waals surface area contributed by atoms with Gasteiger partial charge in [-0.15, -0.1) is 11.3 Å². The molecule has 0 aromatic carbocycles. The largest absolute Gasteiger partial charge is 0.370 e. The number of nitrogens with one attached hydrogen (secondary N) is 1. The molecule has 0 fully saturated rings. The fraction of sp³-hybridized carbons (Fsp3) is 0.455. The first kappa shape index (κ1) is 12.7. The maximum atomic E-state index is 5.68. The lowest BCUT2D eigenvalue weighted by atomic mass is 10.3. The van der Waals surface area contributed by atoms with Crippen molar-refractivity contribution >= 4 is 17.3 Å². The van der Waals surface area contributed by atoms with Crippen molar-refractivity contribution in [3.05, 3.63) is 28.2 Å². The average molecular weight is 238 g/mol. The zero-order chi connectivity index (χ0) is 12.0. The number of aromatic nitrogens is 1. The Labute approximate surface area is 100 Å². The zero-order valence-corrected chi connectivity index (χ0v) is 10.6. The summed E-state index contributed by atoms with van der Waals surface area (Å²) >= 11 is 1.68. The lowest BCUT2D eigenvalue weighted by Gasteiger charge is -2.03. The molecule has 1 aromatic rings. The van der Waals surface area contributed by atoms with Gasteiger partial charge in [-0.25, -0.2) is 9.98 Å². The Hall–Kier alpha value is -1.36. The van der Waals surface area contributed by atoms with Crippen LogP contribution in [0.4, 0.5) is 0 Å². The topological polar surface area (TPSA) is 63.3 Å². The molecule has 0 unspecified atom stereocenters. The van der Waals surface area contributed by atoms with Crippen molar-refractivity contribution in [2.45, 2.75) is 26.8 Å². The van der Waals surface area contributed by atoms with Crippen molar-refractivity contribution in [3.63, 3.8) is 0 Å². The Morgan fingerprint density at radius 1 is 1.69 bits per heavy atom. The monoisotopic (exact) mass is 238 g/mol. The zero-order valence-electron chi connectivity index (χ0n) is 9.79. The van der Waals surface area contributed by atoms with E-state index >= 15 is 0 Å². The van der Waals surface area contributed by atoms with Crippen LogP contribution < -0.4 is 11.1 Å². The van der Waals surface area contributed by atoms with Gasteiger partial charge < -0.3 is 11.1 Å². The third-order valence-electron chi connectivity index (χ3n) is 1.91. The predicted molar refractivity (Wildman–Crippen MR) is 69.6 cm³/mol. The predicted octanol–water partition coefficient (Wildman–Crippen LogP) is 1.69. The number of rotatable bonds is 5. The first-order valence-electron chi connectivity index (χ1n) is 5.23. The van der Waals surface area contributed by atoms with E-state index in [1.54, 1.807) is 11.3 Å². The number of aliphatic imine (C=N–C) groups is 1. The van der Waals surface area contributed by atoms with E-state index in [2.05, 4.69) is 28.8 Å². The standard InChI is InChI=1S/C11H18N4S/c1-4-9-6-13-10(16-9)7-15-11(12)14-5-8(2)3/h6H,2,4-5,7H2,1,3H3,(H3,12,14,15). The number of aryl methyl sites for hydroxylation is 1. The summed E-state index contributed by atoms with van der Waals surface area (Å²) in [5.74, 6) is 0.441. The van der Waals surface area contributed by atoms with Gasteiger partial charge in [0.1, 0.15) is 5.01 Å². The summed E-state index contributed by atoms with van der Waals surface area (Å²) in [6, 6.07) is 0. The van der Waals surface area contributed by atoms with Gasteiger partial charge in [0.2, 0.25) is 0 Å². The van der Waals surface area contributed by atoms with Gasteiger partial charge in [0.15, 0.2) is 5.96 Å². The van der Waals surface area contributed by atoms with Crippen LogP contribution in [0, 0.1) is 0 Å². The van der Waals surface area contributed by atoms with Crippen LogP contribution in [-0.2, 0) is 13.0 Å². The minimum Gasteiger partial charge on any atom is -0.370 e. The minimum absolute atomic E-state index is 0.441. The van der Waals surface area contributed by atoms with Crippen molar-refractivity contribution in [1.29, 1.82) is 0 Å². The molecule has 5 heteroatoms. The summed E-state index contributed by atoms with van der Waals surface area (Å²) in [5, 5.41) is 3.98. The third-order valence-corrected chi connectivity index (χ3v) is 3.03. The van der Waals surface area contributed by atoms with Crippen LogP contribution in [0.1, 0.15) is 23.7 Å². The van der Waals surface area contributed by atoms with Gasteiger partial charge in [-0.3, -0.25) is 0 Å². The Morgan fingerprint density at radius 3 is 3.00 bits per heavy atom. The van der Waals surface area contributed by atoms with Crippen molar-refractivity contribution in [3.8, 4) is 0 Å². The average Bonchev–Trinajstić information content (AvgIpc) is 2.71. The van der Waals surface area contributed by atoms with Crippen molar-refractivity contribution < 1.29 is 0 Å². The second-order valence-electron chi connectivity index (χ2n) is 3.59. The Morgan fingerprint density at radius 2 is 2.44 bits per heavy atom. The van der Waals surface area contributed by atoms with Gasteiger partial charge in [0, 0.05) is 17.6 Å². The highest BCUT2D eigenvalue weighted by Crippen LogP contribution is 2.13. The number of hydrogen-bond acceptors (Lipinski definition) is 3. The molecule has 1 heterocycles. The quantitative estimate of drug-likeness (QED) is 0.466. The third kappa shape index (κ3) is 4.44. The molecule has 0 bridgehead atoms. The molecule has 0 amide bonds. The Balaban J connectivity index is 2.42. The van der Waals surface area contributed by atoms with Gasteiger partial charge >= 0.3 is 0 Å². The van der Waals surface area contributed by atoms with Gasteiger partial charge in [0.05, 0.1) is 6.54 Å². The fourth-order valence-electron chi connectivity index (χ4n) is 1.03. The maximum Gasteiger partial charge on any atom is 0.189 e. The number of nitrogens with zero attached hydrogens (tertiary/aromatic N) is 2. The smallest absolute Gasteiger partial charge is 0.189 e. The SMILES string of the molecule is C=C(C)CNC(N)=NCc1ncc(CC)s1. The normalized spacial score (nSPS) is 11.5. The van der Waals surface area contributed by atoms with E-state index in [4.69, 9.17) is 5.73 Å². The molecule has 3 N–H and O–H groups in total. The second kappa shape index (κ2) is 6.27. The number of nitrogens with two attached hydrogens (primary N) is 1. The Bertz CT molecular complexity index is 381. The van der Waals surface area contributed by atoms with E-state index in [0.29, 0.717) is 19.0 Å². The van der Waals surface area contributed by atoms with Crippen LogP contribution in [0.3, 0.4) is 0 Å². The van der Waals surface area contributed by atoms with E-state index in [1.807, 2.05) is 13.1 Å². The highest BCUT2D eigenvalue weighted by Gasteiger charge is 1.99. The molecule has 1 aromatic heterocycles. The number of hydrogen-bond donors (Lipinski definition) is 2. The molecule has 0 aliphatic heterocycles. The van der Waals surface area contributed by atoms with Crippen LogP contribution >= 0.6 is 11.3 Å². The molecule has 0 saturated carbocycles. The molecule has 0 saturated heterocycles. The van der Waals surface area contributed by atoms with Gasteiger partial charge in [-0.05, 0) is 13.3 Å². The fourth-order valence-corrected chi connectivity index (χ4v) is 1.82. The molecule has 0 aliphatic rings. The molecule has 0 atom stereocenters. The van der Waals surface area contributed by atoms with E-state index in [1.165, 1.54) is 4.88 Å². The van der Waals surface area contributed by atoms with E-state index in [9.17, 15) is 0 Å². The van der Waals surface area contributed by atoms with Crippen LogP contribution in [0.15, 0.2) is 23.3 Å². The summed E-state index contributed by atoms with van der Waals surface area (Å²) < 4.78 is 0. The highest BCUT2D eigenvalue weighted by molar-refractivity contribution is 7.11. The molecule has 1 rings (SSSR count). The first-order chi connectivity index (χ1) is 7.61. The summed E-state index contributed by atoms with van der Waals surface area (Å²) in [7, 11) is 0. The van der Waals surface area contributed by atoms with Crippen LogP contribution in [-0.4, -0.2) is 17.5 Å². The summed E-state index contributed by atoms with van der Waals surface area (Å²) in [4.78, 5) is 9.75. The van der Waals surface area contributed by atoms with Crippen LogP contribution in [0.2, 0.25) is 0 Å². The molecule has 16 heavy (non-hydrogen) atoms. The molecular weight excluding hydrogens is 220 g/mol. The van der Waals surface area contributed by atoms with Gasteiger partial charge in [-0.2, -0.15) is 0 Å².